The minimum atomic E-state index is 0.536. The summed E-state index contributed by atoms with van der Waals surface area (Å²) in [6, 6.07) is 5.87. The molecule has 20 heavy (non-hydrogen) atoms. The lowest BCUT2D eigenvalue weighted by atomic mass is 10.1. The summed E-state index contributed by atoms with van der Waals surface area (Å²) >= 11 is 0. The summed E-state index contributed by atoms with van der Waals surface area (Å²) in [6.07, 6.45) is 3.52. The van der Waals surface area contributed by atoms with Crippen LogP contribution in [-0.4, -0.2) is 9.97 Å². The van der Waals surface area contributed by atoms with Crippen molar-refractivity contribution in [3.63, 3.8) is 0 Å². The maximum atomic E-state index is 5.99. The molecule has 0 atom stereocenters. The molecule has 0 saturated carbocycles. The number of anilines is 2. The van der Waals surface area contributed by atoms with E-state index in [1.807, 2.05) is 32.0 Å². The van der Waals surface area contributed by atoms with Gasteiger partial charge in [0.05, 0.1) is 12.7 Å². The topological polar surface area (TPSA) is 77.0 Å². The minimum absolute atomic E-state index is 0.536. The number of nitrogens with two attached hydrogens (primary N) is 1. The Kier molecular flexibility index (Phi) is 3.02. The van der Waals surface area contributed by atoms with Crippen molar-refractivity contribution >= 4 is 22.1 Å². The van der Waals surface area contributed by atoms with Crippen LogP contribution >= 0.6 is 0 Å². The summed E-state index contributed by atoms with van der Waals surface area (Å²) in [7, 11) is 0. The highest BCUT2D eigenvalue weighted by atomic mass is 16.4. The van der Waals surface area contributed by atoms with Crippen molar-refractivity contribution in [2.75, 3.05) is 11.1 Å². The zero-order valence-electron chi connectivity index (χ0n) is 11.5. The molecule has 0 amide bonds. The molecule has 102 valence electrons. The van der Waals surface area contributed by atoms with Crippen LogP contribution in [-0.2, 0) is 6.54 Å². The minimum Gasteiger partial charge on any atom is -0.444 e. The van der Waals surface area contributed by atoms with Gasteiger partial charge in [-0.2, -0.15) is 0 Å². The van der Waals surface area contributed by atoms with Crippen molar-refractivity contribution in [2.45, 2.75) is 20.4 Å². The second-order valence-electron chi connectivity index (χ2n) is 4.79. The van der Waals surface area contributed by atoms with Crippen molar-refractivity contribution in [1.29, 1.82) is 0 Å². The fraction of sp³-hybridized carbons (Fsp3) is 0.200. The van der Waals surface area contributed by atoms with Gasteiger partial charge in [-0.3, -0.25) is 4.98 Å². The molecule has 1 aromatic carbocycles. The highest BCUT2D eigenvalue weighted by Gasteiger charge is 2.06. The SMILES string of the molecule is Cc1cc2c(NCc3ncc(C)o3)ccc(N)c2cn1. The number of nitrogen functional groups attached to an aromatic ring is 1. The second-order valence-corrected chi connectivity index (χ2v) is 4.79. The molecule has 2 aromatic heterocycles. The van der Waals surface area contributed by atoms with Gasteiger partial charge in [0.15, 0.2) is 0 Å². The van der Waals surface area contributed by atoms with Crippen LogP contribution in [0.5, 0.6) is 0 Å². The molecule has 0 aliphatic heterocycles. The second kappa shape index (κ2) is 4.85. The van der Waals surface area contributed by atoms with Gasteiger partial charge in [-0.05, 0) is 32.0 Å². The van der Waals surface area contributed by atoms with Gasteiger partial charge in [-0.1, -0.05) is 0 Å². The summed E-state index contributed by atoms with van der Waals surface area (Å²) in [6.45, 7) is 4.38. The van der Waals surface area contributed by atoms with E-state index in [2.05, 4.69) is 15.3 Å². The number of hydrogen-bond donors (Lipinski definition) is 2. The van der Waals surface area contributed by atoms with Crippen molar-refractivity contribution < 1.29 is 4.42 Å². The number of nitrogens with one attached hydrogen (secondary N) is 1. The number of aromatic nitrogens is 2. The predicted molar refractivity (Wildman–Crippen MR) is 79.5 cm³/mol. The average molecular weight is 268 g/mol. The first kappa shape index (κ1) is 12.5. The molecular weight excluding hydrogens is 252 g/mol. The van der Waals surface area contributed by atoms with Crippen molar-refractivity contribution in [1.82, 2.24) is 9.97 Å². The molecule has 0 aliphatic rings. The Hall–Kier alpha value is -2.56. The predicted octanol–water partition coefficient (Wildman–Crippen LogP) is 3.03. The van der Waals surface area contributed by atoms with Gasteiger partial charge in [0.25, 0.3) is 0 Å². The number of aryl methyl sites for hydroxylation is 2. The molecule has 3 rings (SSSR count). The molecule has 0 radical (unpaired) electrons. The smallest absolute Gasteiger partial charge is 0.213 e. The Morgan fingerprint density at radius 3 is 2.75 bits per heavy atom. The molecule has 2 heterocycles. The zero-order chi connectivity index (χ0) is 14.1. The highest BCUT2D eigenvalue weighted by Crippen LogP contribution is 2.28. The van der Waals surface area contributed by atoms with E-state index in [1.54, 1.807) is 12.4 Å². The molecule has 3 N–H and O–H groups in total. The first-order valence-electron chi connectivity index (χ1n) is 6.43. The quantitative estimate of drug-likeness (QED) is 0.714. The number of pyridine rings is 1. The van der Waals surface area contributed by atoms with E-state index in [-0.39, 0.29) is 0 Å². The number of nitrogens with zero attached hydrogens (tertiary/aromatic N) is 2. The Labute approximate surface area is 116 Å². The Bertz CT molecular complexity index is 764. The zero-order valence-corrected chi connectivity index (χ0v) is 11.5. The summed E-state index contributed by atoms with van der Waals surface area (Å²) in [5.74, 6) is 1.47. The van der Waals surface area contributed by atoms with Gasteiger partial charge in [0.1, 0.15) is 5.76 Å². The Morgan fingerprint density at radius 2 is 2.00 bits per heavy atom. The van der Waals surface area contributed by atoms with Crippen molar-refractivity contribution in [3.8, 4) is 0 Å². The molecule has 0 fully saturated rings. The lowest BCUT2D eigenvalue weighted by molar-refractivity contribution is 0.479. The third-order valence-corrected chi connectivity index (χ3v) is 3.17. The van der Waals surface area contributed by atoms with E-state index < -0.39 is 0 Å². The van der Waals surface area contributed by atoms with Crippen molar-refractivity contribution in [2.24, 2.45) is 0 Å². The van der Waals surface area contributed by atoms with Crippen molar-refractivity contribution in [3.05, 3.63) is 47.9 Å². The van der Waals surface area contributed by atoms with Gasteiger partial charge in [0, 0.05) is 34.0 Å². The largest absolute Gasteiger partial charge is 0.444 e. The Morgan fingerprint density at radius 1 is 1.15 bits per heavy atom. The standard InChI is InChI=1S/C15H16N4O/c1-9-5-11-12(7-17-9)13(16)3-4-14(11)18-8-15-19-6-10(2)20-15/h3-7,18H,8,16H2,1-2H3. The fourth-order valence-electron chi connectivity index (χ4n) is 2.17. The summed E-state index contributed by atoms with van der Waals surface area (Å²) in [5, 5.41) is 5.34. The first-order chi connectivity index (χ1) is 9.63. The molecule has 5 nitrogen and oxygen atoms in total. The molecular formula is C15H16N4O. The van der Waals surface area contributed by atoms with Crippen LogP contribution in [0.2, 0.25) is 0 Å². The third kappa shape index (κ3) is 2.30. The van der Waals surface area contributed by atoms with E-state index in [4.69, 9.17) is 10.2 Å². The average Bonchev–Trinajstić information content (AvgIpc) is 2.84. The normalized spacial score (nSPS) is 10.9. The number of benzene rings is 1. The molecule has 5 heteroatoms. The maximum absolute atomic E-state index is 5.99. The maximum Gasteiger partial charge on any atom is 0.213 e. The molecule has 0 unspecified atom stereocenters. The molecule has 0 saturated heterocycles. The summed E-state index contributed by atoms with van der Waals surface area (Å²) < 4.78 is 5.45. The molecule has 0 bridgehead atoms. The number of hydrogen-bond acceptors (Lipinski definition) is 5. The van der Waals surface area contributed by atoms with E-state index in [0.717, 1.165) is 33.6 Å². The van der Waals surface area contributed by atoms with Gasteiger partial charge < -0.3 is 15.5 Å². The van der Waals surface area contributed by atoms with Crippen LogP contribution in [0.1, 0.15) is 17.3 Å². The van der Waals surface area contributed by atoms with E-state index >= 15 is 0 Å². The van der Waals surface area contributed by atoms with Gasteiger partial charge in [-0.15, -0.1) is 0 Å². The summed E-state index contributed by atoms with van der Waals surface area (Å²) in [5.41, 5.74) is 8.67. The monoisotopic (exact) mass is 268 g/mol. The highest BCUT2D eigenvalue weighted by molar-refractivity contribution is 6.00. The molecule has 3 aromatic rings. The van der Waals surface area contributed by atoms with Crippen LogP contribution < -0.4 is 11.1 Å². The number of oxazole rings is 1. The number of rotatable bonds is 3. The summed E-state index contributed by atoms with van der Waals surface area (Å²) in [4.78, 5) is 8.47. The van der Waals surface area contributed by atoms with E-state index in [9.17, 15) is 0 Å². The van der Waals surface area contributed by atoms with E-state index in [1.165, 1.54) is 0 Å². The van der Waals surface area contributed by atoms with Crippen LogP contribution in [0.4, 0.5) is 11.4 Å². The fourth-order valence-corrected chi connectivity index (χ4v) is 2.17. The van der Waals surface area contributed by atoms with Crippen LogP contribution in [0.3, 0.4) is 0 Å². The van der Waals surface area contributed by atoms with Gasteiger partial charge in [-0.25, -0.2) is 4.98 Å². The molecule has 0 aliphatic carbocycles. The van der Waals surface area contributed by atoms with Gasteiger partial charge in [0.2, 0.25) is 5.89 Å². The lowest BCUT2D eigenvalue weighted by Crippen LogP contribution is -2.01. The lowest BCUT2D eigenvalue weighted by Gasteiger charge is -2.10. The van der Waals surface area contributed by atoms with E-state index in [0.29, 0.717) is 12.4 Å². The number of fused-ring (bicyclic) bond motifs is 1. The van der Waals surface area contributed by atoms with Crippen LogP contribution in [0.15, 0.2) is 35.0 Å². The van der Waals surface area contributed by atoms with Crippen LogP contribution in [0.25, 0.3) is 10.8 Å². The third-order valence-electron chi connectivity index (χ3n) is 3.17. The Balaban J connectivity index is 1.95. The first-order valence-corrected chi connectivity index (χ1v) is 6.43. The van der Waals surface area contributed by atoms with Crippen LogP contribution in [0, 0.1) is 13.8 Å². The molecule has 0 spiro atoms. The van der Waals surface area contributed by atoms with Gasteiger partial charge >= 0.3 is 0 Å².